The van der Waals surface area contributed by atoms with Crippen molar-refractivity contribution in [3.8, 4) is 0 Å². The number of benzene rings is 2. The van der Waals surface area contributed by atoms with Crippen LogP contribution in [0, 0.1) is 12.7 Å². The molecule has 0 aromatic heterocycles. The van der Waals surface area contributed by atoms with Crippen molar-refractivity contribution in [3.05, 3.63) is 75.5 Å². The summed E-state index contributed by atoms with van der Waals surface area (Å²) in [5, 5.41) is 2.66. The van der Waals surface area contributed by atoms with E-state index in [1.54, 1.807) is 6.07 Å². The van der Waals surface area contributed by atoms with Gasteiger partial charge in [0.05, 0.1) is 0 Å². The maximum absolute atomic E-state index is 13.5. The van der Waals surface area contributed by atoms with E-state index in [9.17, 15) is 14.0 Å². The Bertz CT molecular complexity index is 788. The van der Waals surface area contributed by atoms with E-state index < -0.39 is 24.3 Å². The van der Waals surface area contributed by atoms with Crippen LogP contribution in [0.2, 0.25) is 0 Å². The lowest BCUT2D eigenvalue weighted by Gasteiger charge is -2.06. The van der Waals surface area contributed by atoms with Crippen molar-refractivity contribution in [2.75, 3.05) is 6.61 Å². The van der Waals surface area contributed by atoms with Gasteiger partial charge in [0.15, 0.2) is 6.61 Å². The number of ether oxygens (including phenoxy) is 1. The highest BCUT2D eigenvalue weighted by molar-refractivity contribution is 9.10. The smallest absolute Gasteiger partial charge is 0.331 e. The number of amides is 1. The SMILES string of the molecule is Cc1ccc(CNC(=O)COC(=O)/C=C/c2cc(Br)ccc2F)cc1. The second-order valence-electron chi connectivity index (χ2n) is 5.37. The van der Waals surface area contributed by atoms with E-state index in [0.717, 1.165) is 17.2 Å². The molecular weight excluding hydrogens is 389 g/mol. The van der Waals surface area contributed by atoms with Crippen LogP contribution in [-0.4, -0.2) is 18.5 Å². The third-order valence-corrected chi connectivity index (χ3v) is 3.81. The highest BCUT2D eigenvalue weighted by atomic mass is 79.9. The van der Waals surface area contributed by atoms with Crippen LogP contribution in [0.1, 0.15) is 16.7 Å². The summed E-state index contributed by atoms with van der Waals surface area (Å²) in [6.45, 7) is 1.95. The van der Waals surface area contributed by atoms with Crippen molar-refractivity contribution in [1.82, 2.24) is 5.32 Å². The van der Waals surface area contributed by atoms with Crippen LogP contribution in [0.4, 0.5) is 4.39 Å². The molecule has 6 heteroatoms. The third-order valence-electron chi connectivity index (χ3n) is 3.31. The van der Waals surface area contributed by atoms with Gasteiger partial charge in [-0.3, -0.25) is 4.79 Å². The van der Waals surface area contributed by atoms with E-state index in [1.807, 2.05) is 31.2 Å². The van der Waals surface area contributed by atoms with Crippen LogP contribution in [0.5, 0.6) is 0 Å². The Morgan fingerprint density at radius 2 is 1.92 bits per heavy atom. The Balaban J connectivity index is 1.77. The standard InChI is InChI=1S/C19H17BrFNO3/c1-13-2-4-14(5-3-13)11-22-18(23)12-25-19(24)9-6-15-10-16(20)7-8-17(15)21/h2-10H,11-12H2,1H3,(H,22,23)/b9-6+. The number of carbonyl (C=O) groups is 2. The van der Waals surface area contributed by atoms with Crippen molar-refractivity contribution < 1.29 is 18.7 Å². The van der Waals surface area contributed by atoms with Gasteiger partial charge in [0.25, 0.3) is 5.91 Å². The predicted molar refractivity (Wildman–Crippen MR) is 97.1 cm³/mol. The Labute approximate surface area is 153 Å². The molecule has 2 aromatic rings. The lowest BCUT2D eigenvalue weighted by molar-refractivity contribution is -0.143. The average molecular weight is 406 g/mol. The summed E-state index contributed by atoms with van der Waals surface area (Å²) in [7, 11) is 0. The Hall–Kier alpha value is -2.47. The van der Waals surface area contributed by atoms with E-state index in [2.05, 4.69) is 21.2 Å². The summed E-state index contributed by atoms with van der Waals surface area (Å²) >= 11 is 3.22. The molecule has 0 saturated heterocycles. The first-order chi connectivity index (χ1) is 11.9. The molecule has 2 aromatic carbocycles. The molecule has 130 valence electrons. The Morgan fingerprint density at radius 1 is 1.20 bits per heavy atom. The molecule has 0 aliphatic carbocycles. The number of nitrogens with one attached hydrogen (secondary N) is 1. The number of carbonyl (C=O) groups excluding carboxylic acids is 2. The molecule has 0 atom stereocenters. The largest absolute Gasteiger partial charge is 0.452 e. The molecule has 0 radical (unpaired) electrons. The van der Waals surface area contributed by atoms with Crippen LogP contribution >= 0.6 is 15.9 Å². The van der Waals surface area contributed by atoms with Gasteiger partial charge in [0.2, 0.25) is 0 Å². The number of rotatable bonds is 6. The minimum Gasteiger partial charge on any atom is -0.452 e. The third kappa shape index (κ3) is 6.51. The average Bonchev–Trinajstić information content (AvgIpc) is 2.60. The number of halogens is 2. The minimum atomic E-state index is -0.718. The first kappa shape index (κ1) is 18.9. The fraction of sp³-hybridized carbons (Fsp3) is 0.158. The summed E-state index contributed by atoms with van der Waals surface area (Å²) in [5.41, 5.74) is 2.34. The molecule has 0 saturated carbocycles. The molecule has 1 N–H and O–H groups in total. The molecule has 0 bridgehead atoms. The quantitative estimate of drug-likeness (QED) is 0.587. The zero-order valence-electron chi connectivity index (χ0n) is 13.6. The maximum atomic E-state index is 13.5. The molecule has 4 nitrogen and oxygen atoms in total. The maximum Gasteiger partial charge on any atom is 0.331 e. The highest BCUT2D eigenvalue weighted by Crippen LogP contribution is 2.16. The fourth-order valence-electron chi connectivity index (χ4n) is 1.94. The van der Waals surface area contributed by atoms with Crippen LogP contribution in [-0.2, 0) is 20.9 Å². The molecule has 0 aliphatic heterocycles. The molecule has 2 rings (SSSR count). The molecule has 0 heterocycles. The summed E-state index contributed by atoms with van der Waals surface area (Å²) < 4.78 is 19.1. The zero-order valence-corrected chi connectivity index (χ0v) is 15.2. The summed E-state index contributed by atoms with van der Waals surface area (Å²) in [5.74, 6) is -1.58. The van der Waals surface area contributed by atoms with Gasteiger partial charge >= 0.3 is 5.97 Å². The molecule has 0 aliphatic rings. The van der Waals surface area contributed by atoms with Crippen molar-refractivity contribution >= 4 is 33.9 Å². The summed E-state index contributed by atoms with van der Waals surface area (Å²) in [6, 6.07) is 12.1. The molecule has 0 fully saturated rings. The van der Waals surface area contributed by atoms with E-state index in [4.69, 9.17) is 4.74 Å². The van der Waals surface area contributed by atoms with Gasteiger partial charge in [0.1, 0.15) is 5.82 Å². The topological polar surface area (TPSA) is 55.4 Å². The van der Waals surface area contributed by atoms with Gasteiger partial charge in [-0.25, -0.2) is 9.18 Å². The van der Waals surface area contributed by atoms with E-state index >= 15 is 0 Å². The molecule has 0 spiro atoms. The molecule has 0 unspecified atom stereocenters. The summed E-state index contributed by atoms with van der Waals surface area (Å²) in [6.07, 6.45) is 2.38. The van der Waals surface area contributed by atoms with Gasteiger partial charge in [-0.15, -0.1) is 0 Å². The second kappa shape index (κ2) is 9.13. The normalized spacial score (nSPS) is 10.7. The Kier molecular flexibility index (Phi) is 6.89. The lowest BCUT2D eigenvalue weighted by atomic mass is 10.1. The van der Waals surface area contributed by atoms with Crippen molar-refractivity contribution in [1.29, 1.82) is 0 Å². The second-order valence-corrected chi connectivity index (χ2v) is 6.28. The van der Waals surface area contributed by atoms with E-state index in [0.29, 0.717) is 11.0 Å². The number of hydrogen-bond acceptors (Lipinski definition) is 3. The van der Waals surface area contributed by atoms with Crippen LogP contribution in [0.3, 0.4) is 0 Å². The van der Waals surface area contributed by atoms with Crippen LogP contribution < -0.4 is 5.32 Å². The van der Waals surface area contributed by atoms with E-state index in [-0.39, 0.29) is 5.56 Å². The first-order valence-electron chi connectivity index (χ1n) is 7.56. The van der Waals surface area contributed by atoms with Gasteiger partial charge in [-0.1, -0.05) is 45.8 Å². The van der Waals surface area contributed by atoms with Gasteiger partial charge in [-0.2, -0.15) is 0 Å². The molecular formula is C19H17BrFNO3. The van der Waals surface area contributed by atoms with Crippen molar-refractivity contribution in [2.24, 2.45) is 0 Å². The lowest BCUT2D eigenvalue weighted by Crippen LogP contribution is -2.28. The fourth-order valence-corrected chi connectivity index (χ4v) is 2.32. The van der Waals surface area contributed by atoms with Gasteiger partial charge in [0, 0.05) is 22.7 Å². The Morgan fingerprint density at radius 3 is 2.64 bits per heavy atom. The molecule has 25 heavy (non-hydrogen) atoms. The first-order valence-corrected chi connectivity index (χ1v) is 8.35. The van der Waals surface area contributed by atoms with Crippen LogP contribution in [0.15, 0.2) is 53.0 Å². The zero-order chi connectivity index (χ0) is 18.2. The number of aryl methyl sites for hydroxylation is 1. The van der Waals surface area contributed by atoms with Crippen molar-refractivity contribution in [2.45, 2.75) is 13.5 Å². The van der Waals surface area contributed by atoms with Crippen LogP contribution in [0.25, 0.3) is 6.08 Å². The number of hydrogen-bond donors (Lipinski definition) is 1. The minimum absolute atomic E-state index is 0.246. The highest BCUT2D eigenvalue weighted by Gasteiger charge is 2.06. The molecule has 1 amide bonds. The predicted octanol–water partition coefficient (Wildman–Crippen LogP) is 3.77. The number of esters is 1. The van der Waals surface area contributed by atoms with E-state index in [1.165, 1.54) is 18.2 Å². The van der Waals surface area contributed by atoms with Crippen molar-refractivity contribution in [3.63, 3.8) is 0 Å². The summed E-state index contributed by atoms with van der Waals surface area (Å²) in [4.78, 5) is 23.3. The van der Waals surface area contributed by atoms with Gasteiger partial charge in [-0.05, 0) is 36.8 Å². The van der Waals surface area contributed by atoms with Gasteiger partial charge < -0.3 is 10.1 Å². The monoisotopic (exact) mass is 405 g/mol.